The number of nitrogens with one attached hydrogen (secondary N) is 1. The van der Waals surface area contributed by atoms with Crippen LogP contribution in [-0.2, 0) is 0 Å². The predicted octanol–water partition coefficient (Wildman–Crippen LogP) is 5.93. The molecule has 19 heavy (non-hydrogen) atoms. The first-order valence-electron chi connectivity index (χ1n) is 5.97. The Morgan fingerprint density at radius 2 is 2.00 bits per heavy atom. The maximum absolute atomic E-state index is 6.14. The molecule has 0 aliphatic rings. The molecular formula is C14H14Br2ClNS. The molecule has 1 aromatic carbocycles. The average Bonchev–Trinajstić information content (AvgIpc) is 2.69. The second kappa shape index (κ2) is 6.72. The van der Waals surface area contributed by atoms with E-state index in [0.717, 1.165) is 26.1 Å². The van der Waals surface area contributed by atoms with Crippen LogP contribution in [0.1, 0.15) is 28.3 Å². The minimum Gasteiger partial charge on any atom is -0.306 e. The van der Waals surface area contributed by atoms with Crippen LogP contribution >= 0.6 is 54.8 Å². The molecule has 0 saturated heterocycles. The van der Waals surface area contributed by atoms with Gasteiger partial charge in [-0.3, -0.25) is 0 Å². The van der Waals surface area contributed by atoms with E-state index in [2.05, 4.69) is 57.1 Å². The topological polar surface area (TPSA) is 12.0 Å². The van der Waals surface area contributed by atoms with Crippen molar-refractivity contribution < 1.29 is 0 Å². The molecule has 1 N–H and O–H groups in total. The van der Waals surface area contributed by atoms with Crippen LogP contribution in [0.25, 0.3) is 0 Å². The minimum atomic E-state index is 0.145. The first-order chi connectivity index (χ1) is 9.02. The van der Waals surface area contributed by atoms with Crippen molar-refractivity contribution in [2.45, 2.75) is 19.9 Å². The summed E-state index contributed by atoms with van der Waals surface area (Å²) in [6, 6.07) is 8.21. The Morgan fingerprint density at radius 3 is 2.58 bits per heavy atom. The molecular weight excluding hydrogens is 409 g/mol. The van der Waals surface area contributed by atoms with E-state index >= 15 is 0 Å². The van der Waals surface area contributed by atoms with Gasteiger partial charge in [0.2, 0.25) is 0 Å². The fourth-order valence-corrected chi connectivity index (χ4v) is 4.61. The molecule has 1 heterocycles. The normalized spacial score (nSPS) is 12.7. The van der Waals surface area contributed by atoms with E-state index in [4.69, 9.17) is 11.6 Å². The average molecular weight is 424 g/mol. The summed E-state index contributed by atoms with van der Waals surface area (Å²) in [4.78, 5) is 2.57. The quantitative estimate of drug-likeness (QED) is 0.642. The van der Waals surface area contributed by atoms with E-state index in [-0.39, 0.29) is 6.04 Å². The number of rotatable bonds is 4. The van der Waals surface area contributed by atoms with Crippen LogP contribution in [-0.4, -0.2) is 6.54 Å². The first-order valence-corrected chi connectivity index (χ1v) is 8.75. The fraction of sp³-hybridized carbons (Fsp3) is 0.286. The molecule has 0 aliphatic carbocycles. The summed E-state index contributed by atoms with van der Waals surface area (Å²) >= 11 is 15.2. The summed E-state index contributed by atoms with van der Waals surface area (Å²) in [5, 5.41) is 4.28. The summed E-state index contributed by atoms with van der Waals surface area (Å²) in [5.41, 5.74) is 1.16. The number of halogens is 3. The Morgan fingerprint density at radius 1 is 1.26 bits per heavy atom. The van der Waals surface area contributed by atoms with Crippen LogP contribution in [0.2, 0.25) is 5.02 Å². The molecule has 2 rings (SSSR count). The van der Waals surface area contributed by atoms with Crippen LogP contribution in [0.3, 0.4) is 0 Å². The maximum Gasteiger partial charge on any atom is 0.0694 e. The number of aryl methyl sites for hydroxylation is 1. The molecule has 1 aromatic heterocycles. The van der Waals surface area contributed by atoms with Gasteiger partial charge in [-0.2, -0.15) is 0 Å². The number of thiophene rings is 1. The van der Waals surface area contributed by atoms with Gasteiger partial charge in [0.25, 0.3) is 0 Å². The second-order valence-corrected chi connectivity index (χ2v) is 7.66. The van der Waals surface area contributed by atoms with Gasteiger partial charge in [0.1, 0.15) is 0 Å². The van der Waals surface area contributed by atoms with Gasteiger partial charge < -0.3 is 5.32 Å². The molecule has 0 saturated carbocycles. The highest BCUT2D eigenvalue weighted by Crippen LogP contribution is 2.38. The molecule has 0 fully saturated rings. The van der Waals surface area contributed by atoms with Crippen molar-refractivity contribution in [3.8, 4) is 0 Å². The Kier molecular flexibility index (Phi) is 5.49. The Bertz CT molecular complexity index is 583. The van der Waals surface area contributed by atoms with E-state index in [0.29, 0.717) is 0 Å². The van der Waals surface area contributed by atoms with Crippen molar-refractivity contribution in [1.82, 2.24) is 5.32 Å². The monoisotopic (exact) mass is 421 g/mol. The molecule has 2 aromatic rings. The first kappa shape index (κ1) is 15.5. The van der Waals surface area contributed by atoms with Gasteiger partial charge in [0.15, 0.2) is 0 Å². The molecule has 0 aliphatic heterocycles. The lowest BCUT2D eigenvalue weighted by atomic mass is 10.1. The van der Waals surface area contributed by atoms with Crippen molar-refractivity contribution in [2.75, 3.05) is 6.54 Å². The lowest BCUT2D eigenvalue weighted by Crippen LogP contribution is -2.21. The third-order valence-corrected chi connectivity index (χ3v) is 5.77. The van der Waals surface area contributed by atoms with Gasteiger partial charge in [-0.1, -0.05) is 34.5 Å². The number of benzene rings is 1. The minimum absolute atomic E-state index is 0.145. The van der Waals surface area contributed by atoms with E-state index in [1.807, 2.05) is 18.2 Å². The van der Waals surface area contributed by atoms with Crippen molar-refractivity contribution in [2.24, 2.45) is 0 Å². The molecule has 102 valence electrons. The standard InChI is InChI=1S/C14H14Br2ClNS/c1-3-18-13(14-12(16)6-8(2)19-14)10-7-9(17)4-5-11(10)15/h4-7,13,18H,3H2,1-2H3. The van der Waals surface area contributed by atoms with Crippen LogP contribution in [0, 0.1) is 6.92 Å². The summed E-state index contributed by atoms with van der Waals surface area (Å²) in [6.45, 7) is 5.13. The number of hydrogen-bond acceptors (Lipinski definition) is 2. The van der Waals surface area contributed by atoms with Gasteiger partial charge in [-0.25, -0.2) is 0 Å². The zero-order valence-corrected chi connectivity index (χ0v) is 15.4. The largest absolute Gasteiger partial charge is 0.306 e. The van der Waals surface area contributed by atoms with E-state index < -0.39 is 0 Å². The van der Waals surface area contributed by atoms with Crippen molar-refractivity contribution >= 4 is 54.8 Å². The van der Waals surface area contributed by atoms with Gasteiger partial charge in [-0.15, -0.1) is 11.3 Å². The van der Waals surface area contributed by atoms with Crippen molar-refractivity contribution in [1.29, 1.82) is 0 Å². The van der Waals surface area contributed by atoms with E-state index in [1.54, 1.807) is 11.3 Å². The molecule has 1 unspecified atom stereocenters. The summed E-state index contributed by atoms with van der Waals surface area (Å²) in [6.07, 6.45) is 0. The van der Waals surface area contributed by atoms with Gasteiger partial charge >= 0.3 is 0 Å². The molecule has 0 radical (unpaired) electrons. The number of hydrogen-bond donors (Lipinski definition) is 1. The summed E-state index contributed by atoms with van der Waals surface area (Å²) in [5.74, 6) is 0. The highest BCUT2D eigenvalue weighted by molar-refractivity contribution is 9.10. The van der Waals surface area contributed by atoms with Crippen molar-refractivity contribution in [3.63, 3.8) is 0 Å². The molecule has 1 atom stereocenters. The van der Waals surface area contributed by atoms with Gasteiger partial charge in [0.05, 0.1) is 6.04 Å². The SMILES string of the molecule is CCNC(c1cc(Cl)ccc1Br)c1sc(C)cc1Br. The zero-order valence-electron chi connectivity index (χ0n) is 10.6. The Hall–Kier alpha value is 0.130. The maximum atomic E-state index is 6.14. The zero-order chi connectivity index (χ0) is 14.0. The van der Waals surface area contributed by atoms with E-state index in [9.17, 15) is 0 Å². The Balaban J connectivity index is 2.51. The molecule has 0 bridgehead atoms. The van der Waals surface area contributed by atoms with Gasteiger partial charge in [-0.05, 0) is 59.2 Å². The van der Waals surface area contributed by atoms with Crippen LogP contribution in [0.4, 0.5) is 0 Å². The third-order valence-electron chi connectivity index (χ3n) is 2.78. The van der Waals surface area contributed by atoms with Crippen molar-refractivity contribution in [3.05, 3.63) is 53.6 Å². The van der Waals surface area contributed by atoms with Crippen LogP contribution in [0.5, 0.6) is 0 Å². The lowest BCUT2D eigenvalue weighted by Gasteiger charge is -2.19. The highest BCUT2D eigenvalue weighted by Gasteiger charge is 2.20. The smallest absolute Gasteiger partial charge is 0.0694 e. The van der Waals surface area contributed by atoms with E-state index in [1.165, 1.54) is 9.75 Å². The lowest BCUT2D eigenvalue weighted by molar-refractivity contribution is 0.636. The van der Waals surface area contributed by atoms with Gasteiger partial charge in [0, 0.05) is 23.7 Å². The summed E-state index contributed by atoms with van der Waals surface area (Å²) < 4.78 is 2.22. The molecule has 0 spiro atoms. The second-order valence-electron chi connectivity index (χ2n) is 4.23. The fourth-order valence-electron chi connectivity index (χ4n) is 1.98. The van der Waals surface area contributed by atoms with Crippen LogP contribution in [0.15, 0.2) is 33.2 Å². The molecule has 1 nitrogen and oxygen atoms in total. The third kappa shape index (κ3) is 3.61. The van der Waals surface area contributed by atoms with Crippen LogP contribution < -0.4 is 5.32 Å². The summed E-state index contributed by atoms with van der Waals surface area (Å²) in [7, 11) is 0. The molecule has 0 amide bonds. The highest BCUT2D eigenvalue weighted by atomic mass is 79.9. The Labute approximate surface area is 139 Å². The predicted molar refractivity (Wildman–Crippen MR) is 91.4 cm³/mol. The molecule has 5 heteroatoms.